The zero-order chi connectivity index (χ0) is 14.8. The number of benzene rings is 1. The lowest BCUT2D eigenvalue weighted by Gasteiger charge is -2.27. The molecule has 2 fully saturated rings. The normalized spacial score (nSPS) is 22.5. The Bertz CT molecular complexity index is 515. The first-order valence-electron chi connectivity index (χ1n) is 7.88. The largest absolute Gasteiger partial charge is 0.342 e. The molecule has 0 bridgehead atoms. The molecule has 0 aromatic heterocycles. The molecule has 2 aliphatic rings. The molecule has 0 radical (unpaired) electrons. The first kappa shape index (κ1) is 14.9. The second-order valence-corrected chi connectivity index (χ2v) is 6.71. The van der Waals surface area contributed by atoms with Crippen LogP contribution >= 0.6 is 11.6 Å². The van der Waals surface area contributed by atoms with Gasteiger partial charge >= 0.3 is 0 Å². The Labute approximate surface area is 131 Å². The summed E-state index contributed by atoms with van der Waals surface area (Å²) in [6.07, 6.45) is 5.62. The van der Waals surface area contributed by atoms with Crippen LogP contribution in [0.5, 0.6) is 0 Å². The molecule has 0 spiro atoms. The Morgan fingerprint density at radius 1 is 1.33 bits per heavy atom. The summed E-state index contributed by atoms with van der Waals surface area (Å²) in [7, 11) is 1.94. The van der Waals surface area contributed by atoms with Crippen LogP contribution in [0.25, 0.3) is 0 Å². The van der Waals surface area contributed by atoms with Gasteiger partial charge in [-0.05, 0) is 50.3 Å². The van der Waals surface area contributed by atoms with E-state index in [2.05, 4.69) is 11.0 Å². The maximum atomic E-state index is 12.3. The number of nitrogens with zero attached hydrogens (tertiary/aromatic N) is 2. The van der Waals surface area contributed by atoms with Gasteiger partial charge in [0.1, 0.15) is 0 Å². The van der Waals surface area contributed by atoms with Crippen LogP contribution in [0.3, 0.4) is 0 Å². The van der Waals surface area contributed by atoms with Gasteiger partial charge in [-0.2, -0.15) is 0 Å². The number of halogens is 1. The number of likely N-dealkylation sites (tertiary alicyclic amines) is 1. The van der Waals surface area contributed by atoms with Crippen molar-refractivity contribution in [2.75, 3.05) is 20.1 Å². The summed E-state index contributed by atoms with van der Waals surface area (Å²) in [5.74, 6) is 0.267. The van der Waals surface area contributed by atoms with Crippen LogP contribution in [-0.4, -0.2) is 47.9 Å². The molecule has 21 heavy (non-hydrogen) atoms. The van der Waals surface area contributed by atoms with E-state index in [-0.39, 0.29) is 5.91 Å². The third-order valence-electron chi connectivity index (χ3n) is 4.74. The topological polar surface area (TPSA) is 23.6 Å². The van der Waals surface area contributed by atoms with Gasteiger partial charge in [0.2, 0.25) is 5.91 Å². The molecule has 114 valence electrons. The van der Waals surface area contributed by atoms with Gasteiger partial charge in [-0.3, -0.25) is 9.69 Å². The van der Waals surface area contributed by atoms with E-state index in [0.29, 0.717) is 18.6 Å². The highest BCUT2D eigenvalue weighted by Gasteiger charge is 2.32. The van der Waals surface area contributed by atoms with Gasteiger partial charge in [0.15, 0.2) is 0 Å². The number of rotatable bonds is 5. The molecule has 1 aromatic rings. The van der Waals surface area contributed by atoms with E-state index in [0.717, 1.165) is 24.4 Å². The standard InChI is InChI=1S/C17H23ClN2O/c1-19(14-8-9-14)17(21)12-20-10-4-6-15(20)11-13-5-2-3-7-16(13)18/h2-3,5,7,14-15H,4,6,8-12H2,1H3/t15-/m1/s1. The maximum Gasteiger partial charge on any atom is 0.236 e. The third-order valence-corrected chi connectivity index (χ3v) is 5.11. The minimum atomic E-state index is 0.267. The number of carbonyl (C=O) groups excluding carboxylic acids is 1. The molecule has 1 saturated carbocycles. The average molecular weight is 307 g/mol. The Kier molecular flexibility index (Phi) is 4.51. The lowest BCUT2D eigenvalue weighted by Crippen LogP contribution is -2.42. The van der Waals surface area contributed by atoms with Crippen molar-refractivity contribution in [3.8, 4) is 0 Å². The zero-order valence-electron chi connectivity index (χ0n) is 12.6. The molecule has 3 rings (SSSR count). The Morgan fingerprint density at radius 3 is 2.81 bits per heavy atom. The summed E-state index contributed by atoms with van der Waals surface area (Å²) in [5.41, 5.74) is 1.19. The number of hydrogen-bond acceptors (Lipinski definition) is 2. The van der Waals surface area contributed by atoms with E-state index in [4.69, 9.17) is 11.6 Å². The minimum Gasteiger partial charge on any atom is -0.342 e. The van der Waals surface area contributed by atoms with Crippen molar-refractivity contribution < 1.29 is 4.79 Å². The highest BCUT2D eigenvalue weighted by Crippen LogP contribution is 2.27. The second-order valence-electron chi connectivity index (χ2n) is 6.30. The maximum absolute atomic E-state index is 12.3. The fourth-order valence-electron chi connectivity index (χ4n) is 3.20. The molecule has 1 atom stereocenters. The van der Waals surface area contributed by atoms with Gasteiger partial charge < -0.3 is 4.90 Å². The fourth-order valence-corrected chi connectivity index (χ4v) is 3.42. The molecule has 0 unspecified atom stereocenters. The van der Waals surface area contributed by atoms with Gasteiger partial charge in [-0.15, -0.1) is 0 Å². The van der Waals surface area contributed by atoms with E-state index >= 15 is 0 Å². The van der Waals surface area contributed by atoms with Crippen LogP contribution in [0.4, 0.5) is 0 Å². The van der Waals surface area contributed by atoms with Crippen molar-refractivity contribution in [1.29, 1.82) is 0 Å². The molecule has 1 aliphatic heterocycles. The first-order chi connectivity index (χ1) is 10.1. The monoisotopic (exact) mass is 306 g/mol. The number of amides is 1. The predicted octanol–water partition coefficient (Wildman–Crippen LogP) is 2.97. The molecule has 1 heterocycles. The van der Waals surface area contributed by atoms with E-state index in [1.807, 2.05) is 30.1 Å². The smallest absolute Gasteiger partial charge is 0.236 e. The molecular weight excluding hydrogens is 284 g/mol. The van der Waals surface area contributed by atoms with Gasteiger partial charge in [-0.1, -0.05) is 29.8 Å². The van der Waals surface area contributed by atoms with Crippen molar-refractivity contribution in [1.82, 2.24) is 9.80 Å². The molecule has 4 heteroatoms. The average Bonchev–Trinajstić information content (AvgIpc) is 3.24. The van der Waals surface area contributed by atoms with Gasteiger partial charge in [0.25, 0.3) is 0 Å². The Hall–Kier alpha value is -1.06. The molecular formula is C17H23ClN2O. The van der Waals surface area contributed by atoms with Crippen molar-refractivity contribution >= 4 is 17.5 Å². The van der Waals surface area contributed by atoms with E-state index in [1.54, 1.807) is 0 Å². The van der Waals surface area contributed by atoms with Gasteiger partial charge in [0.05, 0.1) is 6.54 Å². The summed E-state index contributed by atoms with van der Waals surface area (Å²) in [6.45, 7) is 1.58. The first-order valence-corrected chi connectivity index (χ1v) is 8.26. The van der Waals surface area contributed by atoms with E-state index in [9.17, 15) is 4.79 Å². The van der Waals surface area contributed by atoms with Crippen molar-refractivity contribution in [2.45, 2.75) is 44.2 Å². The van der Waals surface area contributed by atoms with Gasteiger partial charge in [-0.25, -0.2) is 0 Å². The van der Waals surface area contributed by atoms with Crippen molar-refractivity contribution in [3.05, 3.63) is 34.9 Å². The highest BCUT2D eigenvalue weighted by molar-refractivity contribution is 6.31. The summed E-state index contributed by atoms with van der Waals surface area (Å²) in [5, 5.41) is 0.839. The van der Waals surface area contributed by atoms with Crippen LogP contribution in [-0.2, 0) is 11.2 Å². The lowest BCUT2D eigenvalue weighted by molar-refractivity contribution is -0.131. The van der Waals surface area contributed by atoms with Gasteiger partial charge in [0, 0.05) is 24.2 Å². The van der Waals surface area contributed by atoms with Crippen LogP contribution in [0.1, 0.15) is 31.2 Å². The van der Waals surface area contributed by atoms with E-state index in [1.165, 1.54) is 24.8 Å². The molecule has 0 N–H and O–H groups in total. The summed E-state index contributed by atoms with van der Waals surface area (Å²) < 4.78 is 0. The highest BCUT2D eigenvalue weighted by atomic mass is 35.5. The fraction of sp³-hybridized carbons (Fsp3) is 0.588. The lowest BCUT2D eigenvalue weighted by atomic mass is 10.0. The Morgan fingerprint density at radius 2 is 2.10 bits per heavy atom. The van der Waals surface area contributed by atoms with Crippen molar-refractivity contribution in [3.63, 3.8) is 0 Å². The summed E-state index contributed by atoms with van der Waals surface area (Å²) >= 11 is 6.26. The molecule has 1 aromatic carbocycles. The molecule has 3 nitrogen and oxygen atoms in total. The third kappa shape index (κ3) is 3.58. The Balaban J connectivity index is 1.60. The SMILES string of the molecule is CN(C(=O)CN1CCC[C@@H]1Cc1ccccc1Cl)C1CC1. The van der Waals surface area contributed by atoms with Crippen LogP contribution in [0.15, 0.2) is 24.3 Å². The predicted molar refractivity (Wildman–Crippen MR) is 85.5 cm³/mol. The minimum absolute atomic E-state index is 0.267. The molecule has 1 aliphatic carbocycles. The summed E-state index contributed by atoms with van der Waals surface area (Å²) in [6, 6.07) is 8.99. The van der Waals surface area contributed by atoms with Crippen LogP contribution in [0, 0.1) is 0 Å². The van der Waals surface area contributed by atoms with Crippen LogP contribution in [0.2, 0.25) is 5.02 Å². The van der Waals surface area contributed by atoms with Crippen LogP contribution < -0.4 is 0 Å². The molecule has 1 saturated heterocycles. The zero-order valence-corrected chi connectivity index (χ0v) is 13.4. The van der Waals surface area contributed by atoms with E-state index < -0.39 is 0 Å². The molecule has 1 amide bonds. The summed E-state index contributed by atoms with van der Waals surface area (Å²) in [4.78, 5) is 16.6. The second kappa shape index (κ2) is 6.37. The number of hydrogen-bond donors (Lipinski definition) is 0. The number of likely N-dealkylation sites (N-methyl/N-ethyl adjacent to an activating group) is 1. The van der Waals surface area contributed by atoms with Crippen molar-refractivity contribution in [2.24, 2.45) is 0 Å². The quantitative estimate of drug-likeness (QED) is 0.835. The number of carbonyl (C=O) groups is 1.